The quantitative estimate of drug-likeness (QED) is 0.284. The van der Waals surface area contributed by atoms with E-state index in [0.717, 1.165) is 22.3 Å². The van der Waals surface area contributed by atoms with Crippen LogP contribution in [0.1, 0.15) is 70.9 Å². The van der Waals surface area contributed by atoms with Gasteiger partial charge in [-0.15, -0.1) is 0 Å². The largest absolute Gasteiger partial charge is 0.446 e. The van der Waals surface area contributed by atoms with Crippen molar-refractivity contribution in [1.29, 1.82) is 0 Å². The van der Waals surface area contributed by atoms with Gasteiger partial charge in [-0.3, -0.25) is 0 Å². The van der Waals surface area contributed by atoms with E-state index in [2.05, 4.69) is 54.0 Å². The van der Waals surface area contributed by atoms with Gasteiger partial charge in [0.05, 0.1) is 18.2 Å². The Labute approximate surface area is 238 Å². The fourth-order valence-electron chi connectivity index (χ4n) is 5.49. The van der Waals surface area contributed by atoms with Crippen molar-refractivity contribution in [3.8, 4) is 0 Å². The zero-order chi connectivity index (χ0) is 28.5. The van der Waals surface area contributed by atoms with Crippen LogP contribution in [-0.4, -0.2) is 35.4 Å². The van der Waals surface area contributed by atoms with E-state index in [9.17, 15) is 9.59 Å². The normalized spacial score (nSPS) is 19.3. The summed E-state index contributed by atoms with van der Waals surface area (Å²) in [6.07, 6.45) is 12.8. The molecule has 212 valence electrons. The Balaban J connectivity index is 1.85. The first-order chi connectivity index (χ1) is 19.3. The van der Waals surface area contributed by atoms with Gasteiger partial charge in [-0.2, -0.15) is 0 Å². The molecular formula is C34H42N2O4. The average molecular weight is 543 g/mol. The van der Waals surface area contributed by atoms with Crippen molar-refractivity contribution in [3.63, 3.8) is 0 Å². The number of hydrogen-bond donors (Lipinski definition) is 1. The minimum absolute atomic E-state index is 0.168. The van der Waals surface area contributed by atoms with Crippen LogP contribution in [0.3, 0.4) is 0 Å². The van der Waals surface area contributed by atoms with Crippen LogP contribution in [0.2, 0.25) is 0 Å². The molecule has 1 N–H and O–H groups in total. The van der Waals surface area contributed by atoms with Crippen molar-refractivity contribution in [2.45, 2.75) is 78.0 Å². The first-order valence-corrected chi connectivity index (χ1v) is 14.5. The lowest BCUT2D eigenvalue weighted by atomic mass is 9.86. The second-order valence-corrected chi connectivity index (χ2v) is 11.1. The Morgan fingerprint density at radius 3 is 1.95 bits per heavy atom. The summed E-state index contributed by atoms with van der Waals surface area (Å²) in [5, 5.41) is 1.32. The van der Waals surface area contributed by atoms with E-state index in [0.29, 0.717) is 5.92 Å². The summed E-state index contributed by atoms with van der Waals surface area (Å²) in [5.41, 5.74) is 6.71. The van der Waals surface area contributed by atoms with Gasteiger partial charge < -0.3 is 9.47 Å². The number of nitrogens with zero attached hydrogens (tertiary/aromatic N) is 1. The summed E-state index contributed by atoms with van der Waals surface area (Å²) in [4.78, 5) is 26.5. The number of amides is 2. The number of carbonyl (C=O) groups is 2. The third kappa shape index (κ3) is 7.65. The Morgan fingerprint density at radius 2 is 1.40 bits per heavy atom. The van der Waals surface area contributed by atoms with Crippen molar-refractivity contribution in [1.82, 2.24) is 10.4 Å². The summed E-state index contributed by atoms with van der Waals surface area (Å²) >= 11 is 0. The fourth-order valence-corrected chi connectivity index (χ4v) is 5.49. The van der Waals surface area contributed by atoms with Gasteiger partial charge in [0, 0.05) is 5.92 Å². The third-order valence-electron chi connectivity index (χ3n) is 7.22. The molecular weight excluding hydrogens is 500 g/mol. The van der Waals surface area contributed by atoms with E-state index < -0.39 is 18.2 Å². The predicted octanol–water partition coefficient (Wildman–Crippen LogP) is 8.08. The van der Waals surface area contributed by atoms with Gasteiger partial charge in [0.2, 0.25) is 0 Å². The molecule has 2 aliphatic rings. The van der Waals surface area contributed by atoms with Gasteiger partial charge in [-0.1, -0.05) is 104 Å². The van der Waals surface area contributed by atoms with Crippen LogP contribution in [0.5, 0.6) is 0 Å². The molecule has 40 heavy (non-hydrogen) atoms. The highest BCUT2D eigenvalue weighted by Gasteiger charge is 2.39. The highest BCUT2D eigenvalue weighted by molar-refractivity contribution is 5.86. The molecule has 1 fully saturated rings. The second kappa shape index (κ2) is 14.0. The molecule has 1 saturated carbocycles. The topological polar surface area (TPSA) is 67.9 Å². The van der Waals surface area contributed by atoms with E-state index in [1.165, 1.54) is 37.1 Å². The smallest absolute Gasteiger partial charge is 0.429 e. The minimum Gasteiger partial charge on any atom is -0.446 e. The third-order valence-corrected chi connectivity index (χ3v) is 7.22. The van der Waals surface area contributed by atoms with E-state index in [-0.39, 0.29) is 18.1 Å². The maximum atomic E-state index is 13.6. The maximum absolute atomic E-state index is 13.6. The number of nitrogens with one attached hydrogen (secondary N) is 1. The molecule has 2 aromatic carbocycles. The highest BCUT2D eigenvalue weighted by Crippen LogP contribution is 2.38. The predicted molar refractivity (Wildman–Crippen MR) is 159 cm³/mol. The summed E-state index contributed by atoms with van der Waals surface area (Å²) in [7, 11) is 0. The molecule has 2 aliphatic carbocycles. The summed E-state index contributed by atoms with van der Waals surface area (Å²) < 4.78 is 11.1. The monoisotopic (exact) mass is 542 g/mol. The average Bonchev–Trinajstić information content (AvgIpc) is 3.34. The molecule has 0 aromatic heterocycles. The number of benzene rings is 2. The van der Waals surface area contributed by atoms with Crippen molar-refractivity contribution in [3.05, 3.63) is 102 Å². The van der Waals surface area contributed by atoms with E-state index in [1.807, 2.05) is 36.4 Å². The van der Waals surface area contributed by atoms with Crippen molar-refractivity contribution < 1.29 is 19.1 Å². The minimum atomic E-state index is -0.696. The molecule has 6 heteroatoms. The van der Waals surface area contributed by atoms with Crippen LogP contribution in [0.25, 0.3) is 5.57 Å². The van der Waals surface area contributed by atoms with Crippen molar-refractivity contribution in [2.24, 2.45) is 11.8 Å². The van der Waals surface area contributed by atoms with E-state index in [4.69, 9.17) is 9.47 Å². The second-order valence-electron chi connectivity index (χ2n) is 11.1. The van der Waals surface area contributed by atoms with Gasteiger partial charge in [-0.25, -0.2) is 20.0 Å². The van der Waals surface area contributed by atoms with Gasteiger partial charge in [0.1, 0.15) is 0 Å². The molecule has 0 radical (unpaired) electrons. The van der Waals surface area contributed by atoms with E-state index >= 15 is 0 Å². The SMILES string of the molecule is CC(C)OC(=O)NN(C(=O)OC(C)C)[C@H]1C(=C(c2ccccc2)c2ccccc2)C=C[C@@H]1/C=C/C1CCCCC1. The van der Waals surface area contributed by atoms with Gasteiger partial charge >= 0.3 is 12.2 Å². The van der Waals surface area contributed by atoms with Crippen LogP contribution in [-0.2, 0) is 9.47 Å². The van der Waals surface area contributed by atoms with Gasteiger partial charge in [0.25, 0.3) is 0 Å². The zero-order valence-corrected chi connectivity index (χ0v) is 24.1. The van der Waals surface area contributed by atoms with Crippen LogP contribution in [0, 0.1) is 11.8 Å². The number of ether oxygens (including phenoxy) is 2. The lowest BCUT2D eigenvalue weighted by Crippen LogP contribution is -2.54. The summed E-state index contributed by atoms with van der Waals surface area (Å²) in [6.45, 7) is 7.15. The molecule has 0 saturated heterocycles. The number of hydrogen-bond acceptors (Lipinski definition) is 4. The Morgan fingerprint density at radius 1 is 0.825 bits per heavy atom. The first-order valence-electron chi connectivity index (χ1n) is 14.5. The van der Waals surface area contributed by atoms with Crippen LogP contribution in [0.15, 0.2) is 90.5 Å². The number of hydrazine groups is 1. The highest BCUT2D eigenvalue weighted by atomic mass is 16.6. The molecule has 0 aliphatic heterocycles. The fraction of sp³-hybridized carbons (Fsp3) is 0.412. The van der Waals surface area contributed by atoms with Crippen molar-refractivity contribution >= 4 is 17.8 Å². The standard InChI is InChI=1S/C34H42N2O4/c1-24(2)39-33(37)35-36(34(38)40-25(3)4)32-29(21-20-26-14-8-5-9-15-26)22-23-30(32)31(27-16-10-6-11-17-27)28-18-12-7-13-19-28/h6-7,10-13,16-26,29,32H,5,8-9,14-15H2,1-4H3,(H,35,37)/b21-20+/t29-,32+/m0/s1. The molecule has 4 rings (SSSR count). The van der Waals surface area contributed by atoms with Crippen molar-refractivity contribution in [2.75, 3.05) is 0 Å². The van der Waals surface area contributed by atoms with Crippen LogP contribution in [0.4, 0.5) is 9.59 Å². The molecule has 2 amide bonds. The lowest BCUT2D eigenvalue weighted by molar-refractivity contribution is 0.0345. The van der Waals surface area contributed by atoms with Gasteiger partial charge in [0.15, 0.2) is 0 Å². The number of carbonyl (C=O) groups excluding carboxylic acids is 2. The molecule has 0 bridgehead atoms. The number of rotatable bonds is 7. The maximum Gasteiger partial charge on any atom is 0.429 e. The Kier molecular flexibility index (Phi) is 10.2. The molecule has 0 spiro atoms. The molecule has 2 aromatic rings. The summed E-state index contributed by atoms with van der Waals surface area (Å²) in [6, 6.07) is 19.8. The summed E-state index contributed by atoms with van der Waals surface area (Å²) in [5.74, 6) is 0.354. The van der Waals surface area contributed by atoms with Crippen LogP contribution < -0.4 is 5.43 Å². The molecule has 6 nitrogen and oxygen atoms in total. The molecule has 0 unspecified atom stereocenters. The Hall–Kier alpha value is -3.80. The number of allylic oxidation sites excluding steroid dienone is 1. The molecule has 0 heterocycles. The lowest BCUT2D eigenvalue weighted by Gasteiger charge is -2.34. The zero-order valence-electron chi connectivity index (χ0n) is 24.1. The van der Waals surface area contributed by atoms with E-state index in [1.54, 1.807) is 27.7 Å². The van der Waals surface area contributed by atoms with Crippen LogP contribution >= 0.6 is 0 Å². The molecule has 2 atom stereocenters. The first kappa shape index (κ1) is 29.2. The Bertz CT molecular complexity index is 1170. The van der Waals surface area contributed by atoms with Gasteiger partial charge in [-0.05, 0) is 68.7 Å².